The van der Waals surface area contributed by atoms with E-state index in [1.165, 1.54) is 437 Å². The fourth-order valence-corrected chi connectivity index (χ4v) is 11.8. The maximum absolute atomic E-state index is 2.27. The molecule has 4 saturated carbocycles. The van der Waals surface area contributed by atoms with E-state index in [-0.39, 0.29) is 0 Å². The highest BCUT2D eigenvalue weighted by Gasteiger charge is 2.01. The maximum atomic E-state index is 2.27. The Balaban J connectivity index is 0.000000862. The second-order valence-electron chi connectivity index (χ2n) is 24.3. The van der Waals surface area contributed by atoms with Gasteiger partial charge in [-0.05, 0) is 0 Å². The quantitative estimate of drug-likeness (QED) is 0.223. The molecule has 0 aromatic rings. The molecular weight excluding hydrogens is 841 g/mol. The highest BCUT2D eigenvalue weighted by molar-refractivity contribution is 4.56. The Bertz CT molecular complexity index is 585. The van der Waals surface area contributed by atoms with Crippen LogP contribution in [0.1, 0.15) is 450 Å². The van der Waals surface area contributed by atoms with Gasteiger partial charge in [0.15, 0.2) is 0 Å². The molecule has 70 heavy (non-hydrogen) atoms. The Morgan fingerprint density at radius 3 is 0.214 bits per heavy atom. The molecule has 0 bridgehead atoms. The molecule has 0 aromatic heterocycles. The van der Waals surface area contributed by atoms with Crippen LogP contribution in [0.3, 0.4) is 0 Å². The lowest BCUT2D eigenvalue weighted by Gasteiger charge is -2.05. The second-order valence-corrected chi connectivity index (χ2v) is 24.3. The van der Waals surface area contributed by atoms with Crippen molar-refractivity contribution < 1.29 is 0 Å². The molecule has 0 N–H and O–H groups in total. The van der Waals surface area contributed by atoms with Crippen LogP contribution < -0.4 is 0 Å². The Hall–Kier alpha value is 0. The average molecular weight is 984 g/mol. The van der Waals surface area contributed by atoms with Gasteiger partial charge >= 0.3 is 0 Å². The summed E-state index contributed by atoms with van der Waals surface area (Å²) in [5.74, 6) is 0. The molecule has 0 heteroatoms. The van der Waals surface area contributed by atoms with Crippen LogP contribution in [0.4, 0.5) is 0 Å². The molecule has 4 aliphatic carbocycles. The molecule has 0 spiro atoms. The summed E-state index contributed by atoms with van der Waals surface area (Å²) in [5.41, 5.74) is 0. The SMILES string of the molecule is C1CCCCCCCCCCC1.C1CCCCCCCCCCCCC1.C1CCCCCCCCCCCCCCC1.C1CCCCCCCCCCCCCCCCC1.CCCCCCCCCC. The molecule has 0 atom stereocenters. The van der Waals surface area contributed by atoms with E-state index in [4.69, 9.17) is 0 Å². The minimum absolute atomic E-state index is 1.37. The summed E-state index contributed by atoms with van der Waals surface area (Å²) >= 11 is 0. The third-order valence-corrected chi connectivity index (χ3v) is 17.0. The third kappa shape index (κ3) is 68.0. The summed E-state index contributed by atoms with van der Waals surface area (Å²) in [4.78, 5) is 0. The summed E-state index contributed by atoms with van der Waals surface area (Å²) in [5, 5.41) is 0. The molecule has 0 heterocycles. The van der Waals surface area contributed by atoms with E-state index in [1.54, 1.807) is 0 Å². The summed E-state index contributed by atoms with van der Waals surface area (Å²) in [6.45, 7) is 4.54. The first-order chi connectivity index (χ1) is 34.9. The van der Waals surface area contributed by atoms with Crippen LogP contribution in [0.5, 0.6) is 0 Å². The van der Waals surface area contributed by atoms with Gasteiger partial charge in [0.2, 0.25) is 0 Å². The van der Waals surface area contributed by atoms with Gasteiger partial charge in [-0.15, -0.1) is 0 Å². The van der Waals surface area contributed by atoms with Crippen LogP contribution in [0, 0.1) is 0 Å². The number of hydrogen-bond acceptors (Lipinski definition) is 0. The standard InChI is InChI=1S/C18H36.C16H32.C14H28.C12H24.C10H22/c1-2-4-6-8-10-12-14-16-18-17-15-13-11-9-7-5-3-1;1-2-4-6-8-10-12-14-16-15-13-11-9-7-5-3-1;1-2-4-6-8-10-12-14-13-11-9-7-5-3-1;1-2-4-6-8-10-12-11-9-7-5-3-1;1-3-5-7-9-10-8-6-4-2/h1-18H2;1-16H2;1-14H2;1-12H2;3-10H2,1-2H3. The molecule has 0 saturated heterocycles. The van der Waals surface area contributed by atoms with Gasteiger partial charge in [0.1, 0.15) is 0 Å². The fraction of sp³-hybridized carbons (Fsp3) is 1.00. The maximum Gasteiger partial charge on any atom is -0.0533 e. The van der Waals surface area contributed by atoms with Gasteiger partial charge in [-0.3, -0.25) is 0 Å². The molecule has 0 aromatic carbocycles. The molecule has 0 nitrogen and oxygen atoms in total. The van der Waals surface area contributed by atoms with Gasteiger partial charge in [0.25, 0.3) is 0 Å². The molecule has 4 fully saturated rings. The Kier molecular flexibility index (Phi) is 69.0. The minimum Gasteiger partial charge on any atom is -0.0654 e. The highest BCUT2D eigenvalue weighted by Crippen LogP contribution is 2.21. The fourth-order valence-electron chi connectivity index (χ4n) is 11.8. The van der Waals surface area contributed by atoms with Gasteiger partial charge < -0.3 is 0 Å². The van der Waals surface area contributed by atoms with Crippen molar-refractivity contribution in [2.24, 2.45) is 0 Å². The lowest BCUT2D eigenvalue weighted by Crippen LogP contribution is -1.85. The van der Waals surface area contributed by atoms with E-state index in [0.717, 1.165) is 0 Å². The van der Waals surface area contributed by atoms with Gasteiger partial charge in [0, 0.05) is 0 Å². The van der Waals surface area contributed by atoms with Crippen molar-refractivity contribution in [2.45, 2.75) is 450 Å². The highest BCUT2D eigenvalue weighted by atomic mass is 14.1. The van der Waals surface area contributed by atoms with Crippen molar-refractivity contribution in [3.8, 4) is 0 Å². The largest absolute Gasteiger partial charge is 0.0654 e. The lowest BCUT2D eigenvalue weighted by atomic mass is 10.0. The van der Waals surface area contributed by atoms with Crippen LogP contribution in [-0.2, 0) is 0 Å². The van der Waals surface area contributed by atoms with E-state index >= 15 is 0 Å². The normalized spacial score (nSPS) is 22.0. The topological polar surface area (TPSA) is 0 Å². The molecule has 0 radical (unpaired) electrons. The first kappa shape index (κ1) is 70.0. The molecule has 0 amide bonds. The summed E-state index contributed by atoms with van der Waals surface area (Å²) in [6, 6.07) is 0. The zero-order chi connectivity index (χ0) is 50.1. The summed E-state index contributed by atoms with van der Waals surface area (Å²) in [6.07, 6.45) is 101. The molecule has 0 unspecified atom stereocenters. The van der Waals surface area contributed by atoms with Crippen LogP contribution in [0.2, 0.25) is 0 Å². The number of unbranched alkanes of at least 4 members (excludes halogenated alkanes) is 7. The zero-order valence-electron chi connectivity index (χ0n) is 50.1. The van der Waals surface area contributed by atoms with Crippen molar-refractivity contribution in [1.82, 2.24) is 0 Å². The monoisotopic (exact) mass is 983 g/mol. The minimum atomic E-state index is 1.37. The van der Waals surface area contributed by atoms with Gasteiger partial charge in [-0.1, -0.05) is 450 Å². The van der Waals surface area contributed by atoms with E-state index in [0.29, 0.717) is 0 Å². The molecule has 4 aliphatic rings. The predicted molar refractivity (Wildman–Crippen MR) is 325 cm³/mol. The van der Waals surface area contributed by atoms with Crippen molar-refractivity contribution in [1.29, 1.82) is 0 Å². The molecule has 422 valence electrons. The Morgan fingerprint density at radius 2 is 0.157 bits per heavy atom. The zero-order valence-corrected chi connectivity index (χ0v) is 50.1. The van der Waals surface area contributed by atoms with Crippen molar-refractivity contribution in [3.05, 3.63) is 0 Å². The van der Waals surface area contributed by atoms with E-state index in [1.807, 2.05) is 0 Å². The van der Waals surface area contributed by atoms with Gasteiger partial charge in [-0.2, -0.15) is 0 Å². The smallest absolute Gasteiger partial charge is 0.0533 e. The molecule has 4 rings (SSSR count). The van der Waals surface area contributed by atoms with E-state index in [9.17, 15) is 0 Å². The number of rotatable bonds is 7. The third-order valence-electron chi connectivity index (χ3n) is 17.0. The van der Waals surface area contributed by atoms with Crippen molar-refractivity contribution in [3.63, 3.8) is 0 Å². The van der Waals surface area contributed by atoms with Crippen LogP contribution in [0.15, 0.2) is 0 Å². The molecule has 0 aliphatic heterocycles. The van der Waals surface area contributed by atoms with Crippen molar-refractivity contribution >= 4 is 0 Å². The number of hydrogen-bond donors (Lipinski definition) is 0. The lowest BCUT2D eigenvalue weighted by molar-refractivity contribution is 0.504. The summed E-state index contributed by atoms with van der Waals surface area (Å²) < 4.78 is 0. The summed E-state index contributed by atoms with van der Waals surface area (Å²) in [7, 11) is 0. The Morgan fingerprint density at radius 1 is 0.100 bits per heavy atom. The Labute approximate surface area is 448 Å². The molecular formula is C70H142. The first-order valence-electron chi connectivity index (χ1n) is 34.9. The van der Waals surface area contributed by atoms with E-state index < -0.39 is 0 Å². The first-order valence-corrected chi connectivity index (χ1v) is 34.9. The van der Waals surface area contributed by atoms with E-state index in [2.05, 4.69) is 13.8 Å². The van der Waals surface area contributed by atoms with Crippen LogP contribution in [-0.4, -0.2) is 0 Å². The predicted octanol–water partition coefficient (Wildman–Crippen LogP) is 27.6. The second kappa shape index (κ2) is 69.0. The van der Waals surface area contributed by atoms with Gasteiger partial charge in [-0.25, -0.2) is 0 Å². The average Bonchev–Trinajstić information content (AvgIpc) is 3.37. The van der Waals surface area contributed by atoms with Crippen molar-refractivity contribution in [2.75, 3.05) is 0 Å². The van der Waals surface area contributed by atoms with Gasteiger partial charge in [0.05, 0.1) is 0 Å². The van der Waals surface area contributed by atoms with Crippen LogP contribution >= 0.6 is 0 Å². The van der Waals surface area contributed by atoms with Crippen LogP contribution in [0.25, 0.3) is 0 Å².